The number of amides is 1. The van der Waals surface area contributed by atoms with Crippen molar-refractivity contribution in [2.45, 2.75) is 6.42 Å². The fraction of sp³-hybridized carbons (Fsp3) is 0.500. The minimum Gasteiger partial charge on any atom is -0.486 e. The highest BCUT2D eigenvalue weighted by Gasteiger charge is 2.24. The number of nitrogens with zero attached hydrogens (tertiary/aromatic N) is 1. The Kier molecular flexibility index (Phi) is 4.10. The van der Waals surface area contributed by atoms with Gasteiger partial charge in [0, 0.05) is 31.1 Å². The fourth-order valence-electron chi connectivity index (χ4n) is 2.42. The predicted molar refractivity (Wildman–Crippen MR) is 77.2 cm³/mol. The summed E-state index contributed by atoms with van der Waals surface area (Å²) in [6.07, 6.45) is -0.0485. The summed E-state index contributed by atoms with van der Waals surface area (Å²) in [5.74, 6) is 1.01. The zero-order valence-corrected chi connectivity index (χ0v) is 12.0. The molecule has 2 aliphatic heterocycles. The van der Waals surface area contributed by atoms with E-state index in [-0.39, 0.29) is 18.0 Å². The van der Waals surface area contributed by atoms with Crippen molar-refractivity contribution in [3.63, 3.8) is 0 Å². The Morgan fingerprint density at radius 3 is 2.59 bits per heavy atom. The standard InChI is InChI=1S/C14H17N3O5/c18-14(16-8-9-6-15-7-9)4-10-3-12-13(22-2-1-21-12)5-11(10)17(19)20/h3,5,9,15H,1-2,4,6-8H2,(H,16,18). The molecule has 1 aromatic rings. The normalized spacial score (nSPS) is 16.7. The molecule has 8 heteroatoms. The molecule has 8 nitrogen and oxygen atoms in total. The number of benzene rings is 1. The molecular weight excluding hydrogens is 290 g/mol. The number of ether oxygens (including phenoxy) is 2. The number of nitro groups is 1. The first-order chi connectivity index (χ1) is 10.6. The molecule has 1 aromatic carbocycles. The summed E-state index contributed by atoms with van der Waals surface area (Å²) < 4.78 is 10.8. The van der Waals surface area contributed by atoms with Crippen LogP contribution in [0.4, 0.5) is 5.69 Å². The third-order valence-electron chi connectivity index (χ3n) is 3.75. The Morgan fingerprint density at radius 2 is 2.00 bits per heavy atom. The summed E-state index contributed by atoms with van der Waals surface area (Å²) in [6.45, 7) is 3.13. The smallest absolute Gasteiger partial charge is 0.277 e. The summed E-state index contributed by atoms with van der Waals surface area (Å²) >= 11 is 0. The van der Waals surface area contributed by atoms with E-state index in [1.165, 1.54) is 12.1 Å². The number of fused-ring (bicyclic) bond motifs is 1. The summed E-state index contributed by atoms with van der Waals surface area (Å²) in [7, 11) is 0. The van der Waals surface area contributed by atoms with Crippen molar-refractivity contribution < 1.29 is 19.2 Å². The number of nitrogens with one attached hydrogen (secondary N) is 2. The molecule has 0 aromatic heterocycles. The lowest BCUT2D eigenvalue weighted by Gasteiger charge is -2.27. The van der Waals surface area contributed by atoms with Crippen molar-refractivity contribution in [2.24, 2.45) is 5.92 Å². The summed E-state index contributed by atoms with van der Waals surface area (Å²) in [5, 5.41) is 17.1. The molecule has 2 aliphatic rings. The summed E-state index contributed by atoms with van der Waals surface area (Å²) in [6, 6.07) is 2.85. The number of carbonyl (C=O) groups excluding carboxylic acids is 1. The van der Waals surface area contributed by atoms with Crippen molar-refractivity contribution in [3.05, 3.63) is 27.8 Å². The third kappa shape index (κ3) is 3.11. The lowest BCUT2D eigenvalue weighted by atomic mass is 10.0. The monoisotopic (exact) mass is 307 g/mol. The van der Waals surface area contributed by atoms with Crippen LogP contribution in [0.1, 0.15) is 5.56 Å². The predicted octanol–water partition coefficient (Wildman–Crippen LogP) is 0.244. The van der Waals surface area contributed by atoms with Crippen molar-refractivity contribution in [1.82, 2.24) is 10.6 Å². The van der Waals surface area contributed by atoms with E-state index in [4.69, 9.17) is 9.47 Å². The molecule has 1 saturated heterocycles. The second kappa shape index (κ2) is 6.18. The average molecular weight is 307 g/mol. The fourth-order valence-corrected chi connectivity index (χ4v) is 2.42. The van der Waals surface area contributed by atoms with Crippen LogP contribution in [0.2, 0.25) is 0 Å². The SMILES string of the molecule is O=C(Cc1cc2c(cc1[N+](=O)[O-])OCCO2)NCC1CNC1. The van der Waals surface area contributed by atoms with Gasteiger partial charge < -0.3 is 20.1 Å². The van der Waals surface area contributed by atoms with Gasteiger partial charge in [-0.15, -0.1) is 0 Å². The van der Waals surface area contributed by atoms with Gasteiger partial charge in [-0.05, 0) is 6.07 Å². The highest BCUT2D eigenvalue weighted by Crippen LogP contribution is 2.36. The second-order valence-electron chi connectivity index (χ2n) is 5.39. The van der Waals surface area contributed by atoms with Gasteiger partial charge in [0.25, 0.3) is 5.69 Å². The Hall–Kier alpha value is -2.35. The number of hydrogen-bond acceptors (Lipinski definition) is 6. The maximum Gasteiger partial charge on any atom is 0.277 e. The summed E-state index contributed by atoms with van der Waals surface area (Å²) in [5.41, 5.74) is 0.211. The maximum absolute atomic E-state index is 12.0. The highest BCUT2D eigenvalue weighted by atomic mass is 16.6. The van der Waals surface area contributed by atoms with Gasteiger partial charge in [0.1, 0.15) is 13.2 Å². The quantitative estimate of drug-likeness (QED) is 0.597. The first-order valence-electron chi connectivity index (χ1n) is 7.18. The minimum atomic E-state index is -0.503. The molecule has 0 atom stereocenters. The first kappa shape index (κ1) is 14.6. The van der Waals surface area contributed by atoms with Gasteiger partial charge in [-0.25, -0.2) is 0 Å². The zero-order chi connectivity index (χ0) is 15.5. The van der Waals surface area contributed by atoms with Gasteiger partial charge in [-0.3, -0.25) is 14.9 Å². The molecular formula is C14H17N3O5. The zero-order valence-electron chi connectivity index (χ0n) is 12.0. The minimum absolute atomic E-state index is 0.0485. The molecule has 22 heavy (non-hydrogen) atoms. The van der Waals surface area contributed by atoms with Crippen LogP contribution in [0, 0.1) is 16.0 Å². The van der Waals surface area contributed by atoms with Gasteiger partial charge in [-0.1, -0.05) is 0 Å². The van der Waals surface area contributed by atoms with Crippen molar-refractivity contribution in [1.29, 1.82) is 0 Å². The van der Waals surface area contributed by atoms with Crippen LogP contribution < -0.4 is 20.1 Å². The van der Waals surface area contributed by atoms with E-state index in [1.54, 1.807) is 0 Å². The first-order valence-corrected chi connectivity index (χ1v) is 7.18. The van der Waals surface area contributed by atoms with E-state index in [0.717, 1.165) is 13.1 Å². The third-order valence-corrected chi connectivity index (χ3v) is 3.75. The maximum atomic E-state index is 12.0. The van der Waals surface area contributed by atoms with E-state index in [0.29, 0.717) is 42.7 Å². The van der Waals surface area contributed by atoms with Crippen LogP contribution in [-0.2, 0) is 11.2 Å². The van der Waals surface area contributed by atoms with Crippen molar-refractivity contribution in [3.8, 4) is 11.5 Å². The van der Waals surface area contributed by atoms with Gasteiger partial charge in [0.2, 0.25) is 5.91 Å². The number of carbonyl (C=O) groups is 1. The van der Waals surface area contributed by atoms with Crippen LogP contribution in [0.3, 0.4) is 0 Å². The van der Waals surface area contributed by atoms with Gasteiger partial charge in [0.05, 0.1) is 17.4 Å². The van der Waals surface area contributed by atoms with Gasteiger partial charge in [-0.2, -0.15) is 0 Å². The lowest BCUT2D eigenvalue weighted by molar-refractivity contribution is -0.385. The van der Waals surface area contributed by atoms with Gasteiger partial charge >= 0.3 is 0 Å². The summed E-state index contributed by atoms with van der Waals surface area (Å²) in [4.78, 5) is 22.7. The Labute approximate surface area is 126 Å². The molecule has 0 saturated carbocycles. The van der Waals surface area contributed by atoms with E-state index in [2.05, 4.69) is 10.6 Å². The number of hydrogen-bond donors (Lipinski definition) is 2. The van der Waals surface area contributed by atoms with Crippen LogP contribution in [-0.4, -0.2) is 43.7 Å². The van der Waals surface area contributed by atoms with Crippen LogP contribution >= 0.6 is 0 Å². The van der Waals surface area contributed by atoms with Gasteiger partial charge in [0.15, 0.2) is 11.5 Å². The molecule has 0 unspecified atom stereocenters. The Balaban J connectivity index is 1.72. The van der Waals surface area contributed by atoms with Crippen molar-refractivity contribution >= 4 is 11.6 Å². The molecule has 2 N–H and O–H groups in total. The molecule has 118 valence electrons. The number of rotatable bonds is 5. The molecule has 1 amide bonds. The highest BCUT2D eigenvalue weighted by molar-refractivity contribution is 5.80. The van der Waals surface area contributed by atoms with Crippen LogP contribution in [0.15, 0.2) is 12.1 Å². The molecule has 0 bridgehead atoms. The van der Waals surface area contributed by atoms with Crippen LogP contribution in [0.5, 0.6) is 11.5 Å². The molecule has 1 fully saturated rings. The molecule has 3 rings (SSSR count). The number of nitro benzene ring substituents is 1. The average Bonchev–Trinajstić information content (AvgIpc) is 2.44. The molecule has 0 radical (unpaired) electrons. The van der Waals surface area contributed by atoms with E-state index < -0.39 is 4.92 Å². The molecule has 2 heterocycles. The Morgan fingerprint density at radius 1 is 1.32 bits per heavy atom. The molecule has 0 aliphatic carbocycles. The second-order valence-corrected chi connectivity index (χ2v) is 5.39. The lowest BCUT2D eigenvalue weighted by Crippen LogP contribution is -2.48. The topological polar surface area (TPSA) is 103 Å². The largest absolute Gasteiger partial charge is 0.486 e. The molecule has 0 spiro atoms. The van der Waals surface area contributed by atoms with E-state index >= 15 is 0 Å². The Bertz CT molecular complexity index is 600. The van der Waals surface area contributed by atoms with E-state index in [9.17, 15) is 14.9 Å². The van der Waals surface area contributed by atoms with Crippen molar-refractivity contribution in [2.75, 3.05) is 32.8 Å². The van der Waals surface area contributed by atoms with Crippen LogP contribution in [0.25, 0.3) is 0 Å². The van der Waals surface area contributed by atoms with E-state index in [1.807, 2.05) is 0 Å².